The molecule has 1 fully saturated rings. The van der Waals surface area contributed by atoms with Gasteiger partial charge in [0.1, 0.15) is 0 Å². The summed E-state index contributed by atoms with van der Waals surface area (Å²) in [6, 6.07) is 12.1. The molecule has 0 saturated carbocycles. The first kappa shape index (κ1) is 21.3. The van der Waals surface area contributed by atoms with Crippen molar-refractivity contribution in [2.24, 2.45) is 0 Å². The number of thiazole rings is 1. The van der Waals surface area contributed by atoms with Crippen LogP contribution in [0, 0.1) is 13.8 Å². The predicted molar refractivity (Wildman–Crippen MR) is 126 cm³/mol. The molecule has 0 spiro atoms. The number of carbonyl (C=O) groups is 1. The number of anilines is 1. The minimum atomic E-state index is 0.00703. The molecule has 0 atom stereocenters. The molecule has 0 aliphatic carbocycles. The van der Waals surface area contributed by atoms with E-state index in [2.05, 4.69) is 30.9 Å². The van der Waals surface area contributed by atoms with E-state index < -0.39 is 0 Å². The van der Waals surface area contributed by atoms with Crippen molar-refractivity contribution >= 4 is 44.4 Å². The van der Waals surface area contributed by atoms with Gasteiger partial charge in [0.25, 0.3) is 5.91 Å². The summed E-state index contributed by atoms with van der Waals surface area (Å²) in [6.07, 6.45) is 2.03. The van der Waals surface area contributed by atoms with Gasteiger partial charge in [0.2, 0.25) is 0 Å². The maximum Gasteiger partial charge on any atom is 0.260 e. The Hall–Kier alpha value is -1.93. The summed E-state index contributed by atoms with van der Waals surface area (Å²) in [5.41, 5.74) is 4.07. The second-order valence-corrected chi connectivity index (χ2v) is 9.43. The highest BCUT2D eigenvalue weighted by Gasteiger charge is 2.23. The lowest BCUT2D eigenvalue weighted by Gasteiger charge is -2.29. The highest BCUT2D eigenvalue weighted by Crippen LogP contribution is 2.33. The number of fused-ring (bicyclic) bond motifs is 1. The number of morpholine rings is 1. The lowest BCUT2D eigenvalue weighted by Crippen LogP contribution is -2.43. The molecule has 1 saturated heterocycles. The number of benzene rings is 2. The Bertz CT molecular complexity index is 1040. The van der Waals surface area contributed by atoms with Gasteiger partial charge in [-0.3, -0.25) is 14.6 Å². The number of nitrogens with zero attached hydrogens (tertiary/aromatic N) is 3. The number of carbonyl (C=O) groups excluding carboxylic acids is 1. The monoisotopic (exact) mass is 441 g/mol. The van der Waals surface area contributed by atoms with Crippen LogP contribution in [0.15, 0.2) is 41.3 Å². The summed E-state index contributed by atoms with van der Waals surface area (Å²) in [5, 5.41) is 0.770. The zero-order valence-corrected chi connectivity index (χ0v) is 19.3. The van der Waals surface area contributed by atoms with Crippen LogP contribution >= 0.6 is 23.1 Å². The Kier molecular flexibility index (Phi) is 6.73. The van der Waals surface area contributed by atoms with Gasteiger partial charge in [0, 0.05) is 36.6 Å². The van der Waals surface area contributed by atoms with Gasteiger partial charge in [-0.15, -0.1) is 11.8 Å². The minimum absolute atomic E-state index is 0.00703. The van der Waals surface area contributed by atoms with E-state index in [-0.39, 0.29) is 5.91 Å². The number of hydrogen-bond acceptors (Lipinski definition) is 6. The fourth-order valence-electron chi connectivity index (χ4n) is 3.74. The maximum absolute atomic E-state index is 13.6. The lowest BCUT2D eigenvalue weighted by atomic mass is 10.1. The van der Waals surface area contributed by atoms with E-state index in [9.17, 15) is 4.79 Å². The van der Waals surface area contributed by atoms with Crippen molar-refractivity contribution in [3.8, 4) is 0 Å². The first-order valence-electron chi connectivity index (χ1n) is 10.2. The SMILES string of the molecule is CSc1cccc(C(=O)N(CCN2CCOCC2)c2nc3cc(C)cc(C)c3s2)c1. The summed E-state index contributed by atoms with van der Waals surface area (Å²) in [4.78, 5) is 23.7. The quantitative estimate of drug-likeness (QED) is 0.523. The molecule has 1 aliphatic heterocycles. The standard InChI is InChI=1S/C23H27N3O2S2/c1-16-13-17(2)21-20(14-16)24-23(30-21)26(8-7-25-9-11-28-12-10-25)22(27)18-5-4-6-19(15-18)29-3/h4-6,13-15H,7-12H2,1-3H3. The molecular formula is C23H27N3O2S2. The highest BCUT2D eigenvalue weighted by molar-refractivity contribution is 7.98. The predicted octanol–water partition coefficient (Wildman–Crippen LogP) is 4.61. The molecular weight excluding hydrogens is 414 g/mol. The second kappa shape index (κ2) is 9.47. The van der Waals surface area contributed by atoms with Gasteiger partial charge in [0.05, 0.1) is 23.4 Å². The molecule has 0 N–H and O–H groups in total. The highest BCUT2D eigenvalue weighted by atomic mass is 32.2. The zero-order valence-electron chi connectivity index (χ0n) is 17.7. The van der Waals surface area contributed by atoms with Gasteiger partial charge >= 0.3 is 0 Å². The van der Waals surface area contributed by atoms with E-state index in [0.29, 0.717) is 12.1 Å². The van der Waals surface area contributed by atoms with Crippen molar-refractivity contribution in [2.75, 3.05) is 50.5 Å². The number of aromatic nitrogens is 1. The van der Waals surface area contributed by atoms with Crippen LogP contribution in [0.4, 0.5) is 5.13 Å². The third-order valence-electron chi connectivity index (χ3n) is 5.35. The van der Waals surface area contributed by atoms with E-state index in [1.165, 1.54) is 11.1 Å². The Labute approximate surface area is 186 Å². The molecule has 7 heteroatoms. The van der Waals surface area contributed by atoms with Crippen molar-refractivity contribution in [3.05, 3.63) is 53.1 Å². The molecule has 1 aromatic heterocycles. The summed E-state index contributed by atoms with van der Waals surface area (Å²) >= 11 is 3.25. The van der Waals surface area contributed by atoms with Gasteiger partial charge in [-0.25, -0.2) is 4.98 Å². The third-order valence-corrected chi connectivity index (χ3v) is 7.30. The van der Waals surface area contributed by atoms with Gasteiger partial charge in [-0.1, -0.05) is 23.5 Å². The van der Waals surface area contributed by atoms with Crippen LogP contribution < -0.4 is 4.90 Å². The van der Waals surface area contributed by atoms with Crippen molar-refractivity contribution in [3.63, 3.8) is 0 Å². The number of amides is 1. The molecule has 3 aromatic rings. The first-order valence-corrected chi connectivity index (χ1v) is 12.2. The zero-order chi connectivity index (χ0) is 21.1. The summed E-state index contributed by atoms with van der Waals surface area (Å²) < 4.78 is 6.61. The molecule has 0 unspecified atom stereocenters. The van der Waals surface area contributed by atoms with Crippen LogP contribution in [-0.2, 0) is 4.74 Å². The number of hydrogen-bond donors (Lipinski definition) is 0. The molecule has 1 amide bonds. The summed E-state index contributed by atoms with van der Waals surface area (Å²) in [7, 11) is 0. The van der Waals surface area contributed by atoms with E-state index in [1.54, 1.807) is 23.1 Å². The van der Waals surface area contributed by atoms with Gasteiger partial charge in [-0.2, -0.15) is 0 Å². The minimum Gasteiger partial charge on any atom is -0.379 e. The normalized spacial score (nSPS) is 14.9. The van der Waals surface area contributed by atoms with E-state index in [0.717, 1.165) is 53.1 Å². The van der Waals surface area contributed by atoms with Crippen LogP contribution in [0.25, 0.3) is 10.2 Å². The largest absolute Gasteiger partial charge is 0.379 e. The molecule has 2 heterocycles. The molecule has 0 bridgehead atoms. The molecule has 30 heavy (non-hydrogen) atoms. The van der Waals surface area contributed by atoms with Crippen molar-refractivity contribution in [1.29, 1.82) is 0 Å². The second-order valence-electron chi connectivity index (χ2n) is 7.57. The third kappa shape index (κ3) is 4.70. The van der Waals surface area contributed by atoms with Gasteiger partial charge < -0.3 is 4.74 Å². The fraction of sp³-hybridized carbons (Fsp3) is 0.391. The molecule has 158 valence electrons. The van der Waals surface area contributed by atoms with Gasteiger partial charge in [-0.05, 0) is 55.5 Å². The smallest absolute Gasteiger partial charge is 0.260 e. The van der Waals surface area contributed by atoms with Crippen molar-refractivity contribution < 1.29 is 9.53 Å². The van der Waals surface area contributed by atoms with Crippen LogP contribution in [0.3, 0.4) is 0 Å². The van der Waals surface area contributed by atoms with Crippen LogP contribution in [0.1, 0.15) is 21.5 Å². The Morgan fingerprint density at radius 2 is 2.03 bits per heavy atom. The Morgan fingerprint density at radius 1 is 1.23 bits per heavy atom. The first-order chi connectivity index (χ1) is 14.5. The topological polar surface area (TPSA) is 45.7 Å². The number of ether oxygens (including phenoxy) is 1. The Morgan fingerprint density at radius 3 is 2.80 bits per heavy atom. The fourth-order valence-corrected chi connectivity index (χ4v) is 5.24. The molecule has 1 aliphatic rings. The van der Waals surface area contributed by atoms with Gasteiger partial charge in [0.15, 0.2) is 5.13 Å². The summed E-state index contributed by atoms with van der Waals surface area (Å²) in [5.74, 6) is 0.00703. The molecule has 0 radical (unpaired) electrons. The molecule has 4 rings (SSSR count). The van der Waals surface area contributed by atoms with Crippen molar-refractivity contribution in [1.82, 2.24) is 9.88 Å². The molecule has 5 nitrogen and oxygen atoms in total. The van der Waals surface area contributed by atoms with Crippen LogP contribution in [0.2, 0.25) is 0 Å². The average molecular weight is 442 g/mol. The lowest BCUT2D eigenvalue weighted by molar-refractivity contribution is 0.0391. The van der Waals surface area contributed by atoms with Crippen LogP contribution in [-0.4, -0.2) is 61.4 Å². The van der Waals surface area contributed by atoms with Crippen molar-refractivity contribution in [2.45, 2.75) is 18.7 Å². The van der Waals surface area contributed by atoms with E-state index in [1.807, 2.05) is 35.4 Å². The maximum atomic E-state index is 13.6. The number of aryl methyl sites for hydroxylation is 2. The Balaban J connectivity index is 1.67. The molecule has 2 aromatic carbocycles. The van der Waals surface area contributed by atoms with E-state index in [4.69, 9.17) is 9.72 Å². The number of rotatable bonds is 6. The van der Waals surface area contributed by atoms with E-state index >= 15 is 0 Å². The average Bonchev–Trinajstić information content (AvgIpc) is 3.18. The summed E-state index contributed by atoms with van der Waals surface area (Å²) in [6.45, 7) is 8.93. The number of thioether (sulfide) groups is 1. The van der Waals surface area contributed by atoms with Crippen LogP contribution in [0.5, 0.6) is 0 Å².